The first kappa shape index (κ1) is 14.1. The maximum atomic E-state index is 11.8. The second kappa shape index (κ2) is 6.73. The quantitative estimate of drug-likeness (QED) is 0.766. The lowest BCUT2D eigenvalue weighted by atomic mass is 10.2. The third-order valence-electron chi connectivity index (χ3n) is 2.64. The van der Waals surface area contributed by atoms with Gasteiger partial charge in [0.25, 0.3) is 0 Å². The van der Waals surface area contributed by atoms with Crippen molar-refractivity contribution >= 4 is 11.6 Å². The minimum atomic E-state index is -0.607. The summed E-state index contributed by atoms with van der Waals surface area (Å²) in [5.41, 5.74) is 6.30. The number of nitrogens with zero attached hydrogens (tertiary/aromatic N) is 4. The van der Waals surface area contributed by atoms with Gasteiger partial charge in [0.05, 0.1) is 17.9 Å². The van der Waals surface area contributed by atoms with Crippen LogP contribution >= 0.6 is 0 Å². The lowest BCUT2D eigenvalue weighted by Gasteiger charge is -2.11. The first-order valence-corrected chi connectivity index (χ1v) is 6.07. The van der Waals surface area contributed by atoms with Crippen molar-refractivity contribution in [2.45, 2.75) is 12.5 Å². The van der Waals surface area contributed by atoms with E-state index in [1.165, 1.54) is 17.2 Å². The number of rotatable bonds is 6. The molecule has 3 N–H and O–H groups in total. The number of ether oxygens (including phenoxy) is 1. The van der Waals surface area contributed by atoms with E-state index in [9.17, 15) is 4.79 Å². The Morgan fingerprint density at radius 1 is 1.55 bits per heavy atom. The summed E-state index contributed by atoms with van der Waals surface area (Å²) in [7, 11) is 1.57. The molecule has 20 heavy (non-hydrogen) atoms. The van der Waals surface area contributed by atoms with Crippen molar-refractivity contribution in [1.29, 1.82) is 0 Å². The van der Waals surface area contributed by atoms with Gasteiger partial charge in [-0.3, -0.25) is 4.79 Å². The minimum absolute atomic E-state index is 0.266. The van der Waals surface area contributed by atoms with E-state index in [-0.39, 0.29) is 5.91 Å². The number of aromatic nitrogens is 4. The standard InChI is InChI=1S/C12H16N6O2/c1-20-5-4-10(13)12(19)17-9-2-3-11(15-6-9)18-8-14-7-16-18/h2-3,6-8,10H,4-5,13H2,1H3,(H,17,19). The Kier molecular flexibility index (Phi) is 4.75. The molecular weight excluding hydrogens is 260 g/mol. The maximum absolute atomic E-state index is 11.8. The molecule has 2 rings (SSSR count). The van der Waals surface area contributed by atoms with Gasteiger partial charge in [0.2, 0.25) is 5.91 Å². The Hall–Kier alpha value is -2.32. The molecule has 0 saturated heterocycles. The molecule has 2 heterocycles. The number of methoxy groups -OCH3 is 1. The summed E-state index contributed by atoms with van der Waals surface area (Å²) in [6.07, 6.45) is 4.97. The van der Waals surface area contributed by atoms with Gasteiger partial charge in [-0.1, -0.05) is 0 Å². The molecule has 0 radical (unpaired) electrons. The highest BCUT2D eigenvalue weighted by Crippen LogP contribution is 2.09. The number of carbonyl (C=O) groups is 1. The topological polar surface area (TPSA) is 108 Å². The summed E-state index contributed by atoms with van der Waals surface area (Å²) in [5.74, 6) is 0.349. The van der Waals surface area contributed by atoms with Crippen LogP contribution < -0.4 is 11.1 Å². The number of carbonyl (C=O) groups excluding carboxylic acids is 1. The average molecular weight is 276 g/mol. The first-order valence-electron chi connectivity index (χ1n) is 6.07. The molecule has 0 fully saturated rings. The minimum Gasteiger partial charge on any atom is -0.385 e. The molecule has 2 aromatic heterocycles. The van der Waals surface area contributed by atoms with Gasteiger partial charge in [-0.15, -0.1) is 0 Å². The highest BCUT2D eigenvalue weighted by atomic mass is 16.5. The number of pyridine rings is 1. The summed E-state index contributed by atoms with van der Waals surface area (Å²) in [4.78, 5) is 19.8. The van der Waals surface area contributed by atoms with Crippen LogP contribution in [0.2, 0.25) is 0 Å². The van der Waals surface area contributed by atoms with Crippen LogP contribution in [-0.4, -0.2) is 45.4 Å². The average Bonchev–Trinajstić information content (AvgIpc) is 2.99. The van der Waals surface area contributed by atoms with Crippen LogP contribution in [0.3, 0.4) is 0 Å². The van der Waals surface area contributed by atoms with Gasteiger partial charge in [0.1, 0.15) is 12.7 Å². The molecule has 1 atom stereocenters. The molecule has 2 aromatic rings. The Balaban J connectivity index is 1.95. The fourth-order valence-electron chi connectivity index (χ4n) is 1.53. The van der Waals surface area contributed by atoms with Gasteiger partial charge < -0.3 is 15.8 Å². The zero-order chi connectivity index (χ0) is 14.4. The van der Waals surface area contributed by atoms with Crippen LogP contribution in [0.1, 0.15) is 6.42 Å². The van der Waals surface area contributed by atoms with Crippen molar-refractivity contribution in [3.63, 3.8) is 0 Å². The predicted molar refractivity (Wildman–Crippen MR) is 72.3 cm³/mol. The zero-order valence-electron chi connectivity index (χ0n) is 11.1. The van der Waals surface area contributed by atoms with Gasteiger partial charge in [0, 0.05) is 13.7 Å². The van der Waals surface area contributed by atoms with Crippen LogP contribution in [0.5, 0.6) is 0 Å². The monoisotopic (exact) mass is 276 g/mol. The second-order valence-corrected chi connectivity index (χ2v) is 4.12. The van der Waals surface area contributed by atoms with E-state index in [0.29, 0.717) is 24.5 Å². The van der Waals surface area contributed by atoms with Gasteiger partial charge in [0.15, 0.2) is 5.82 Å². The van der Waals surface area contributed by atoms with Crippen molar-refractivity contribution in [2.24, 2.45) is 5.73 Å². The molecular formula is C12H16N6O2. The number of hydrogen-bond acceptors (Lipinski definition) is 6. The summed E-state index contributed by atoms with van der Waals surface area (Å²) in [6.45, 7) is 0.443. The third-order valence-corrected chi connectivity index (χ3v) is 2.64. The van der Waals surface area contributed by atoms with Crippen molar-refractivity contribution in [3.8, 4) is 5.82 Å². The molecule has 0 aliphatic carbocycles. The van der Waals surface area contributed by atoms with Crippen molar-refractivity contribution in [1.82, 2.24) is 19.7 Å². The van der Waals surface area contributed by atoms with Crippen LogP contribution in [0.15, 0.2) is 31.0 Å². The van der Waals surface area contributed by atoms with Crippen LogP contribution in [0, 0.1) is 0 Å². The molecule has 0 bridgehead atoms. The van der Waals surface area contributed by atoms with E-state index in [0.717, 1.165) is 0 Å². The van der Waals surface area contributed by atoms with E-state index in [1.54, 1.807) is 25.6 Å². The van der Waals surface area contributed by atoms with Gasteiger partial charge in [-0.05, 0) is 18.6 Å². The van der Waals surface area contributed by atoms with Gasteiger partial charge in [-0.25, -0.2) is 14.6 Å². The van der Waals surface area contributed by atoms with Gasteiger partial charge in [-0.2, -0.15) is 5.10 Å². The number of hydrogen-bond donors (Lipinski definition) is 2. The highest BCUT2D eigenvalue weighted by molar-refractivity contribution is 5.94. The SMILES string of the molecule is COCCC(N)C(=O)Nc1ccc(-n2cncn2)nc1. The molecule has 0 aliphatic rings. The van der Waals surface area contributed by atoms with Crippen LogP contribution in [0.25, 0.3) is 5.82 Å². The number of amides is 1. The van der Waals surface area contributed by atoms with E-state index >= 15 is 0 Å². The Morgan fingerprint density at radius 3 is 3.00 bits per heavy atom. The Bertz CT molecular complexity index is 540. The van der Waals surface area contributed by atoms with Crippen LogP contribution in [0.4, 0.5) is 5.69 Å². The highest BCUT2D eigenvalue weighted by Gasteiger charge is 2.13. The zero-order valence-corrected chi connectivity index (χ0v) is 11.1. The number of nitrogens with one attached hydrogen (secondary N) is 1. The van der Waals surface area contributed by atoms with Crippen molar-refractivity contribution < 1.29 is 9.53 Å². The first-order chi connectivity index (χ1) is 9.70. The molecule has 1 amide bonds. The fourth-order valence-corrected chi connectivity index (χ4v) is 1.53. The summed E-state index contributed by atoms with van der Waals surface area (Å²) in [6, 6.07) is 2.85. The van der Waals surface area contributed by atoms with Gasteiger partial charge >= 0.3 is 0 Å². The molecule has 0 aromatic carbocycles. The summed E-state index contributed by atoms with van der Waals surface area (Å²) >= 11 is 0. The molecule has 0 spiro atoms. The van der Waals surface area contributed by atoms with E-state index in [2.05, 4.69) is 20.4 Å². The normalized spacial score (nSPS) is 12.1. The van der Waals surface area contributed by atoms with Crippen LogP contribution in [-0.2, 0) is 9.53 Å². The van der Waals surface area contributed by atoms with Crippen molar-refractivity contribution in [3.05, 3.63) is 31.0 Å². The third kappa shape index (κ3) is 3.59. The molecule has 8 heteroatoms. The maximum Gasteiger partial charge on any atom is 0.241 e. The Labute approximate surface area is 116 Å². The smallest absolute Gasteiger partial charge is 0.241 e. The largest absolute Gasteiger partial charge is 0.385 e. The fraction of sp³-hybridized carbons (Fsp3) is 0.333. The predicted octanol–water partition coefficient (Wildman–Crippen LogP) is -0.0354. The van der Waals surface area contributed by atoms with Crippen molar-refractivity contribution in [2.75, 3.05) is 19.0 Å². The Morgan fingerprint density at radius 2 is 2.40 bits per heavy atom. The summed E-state index contributed by atoms with van der Waals surface area (Å²) in [5, 5.41) is 6.66. The molecule has 0 aliphatic heterocycles. The summed E-state index contributed by atoms with van der Waals surface area (Å²) < 4.78 is 6.41. The number of anilines is 1. The van der Waals surface area contributed by atoms with E-state index in [4.69, 9.17) is 10.5 Å². The lowest BCUT2D eigenvalue weighted by Crippen LogP contribution is -2.36. The number of nitrogens with two attached hydrogens (primary N) is 1. The van der Waals surface area contributed by atoms with E-state index < -0.39 is 6.04 Å². The molecule has 1 unspecified atom stereocenters. The second-order valence-electron chi connectivity index (χ2n) is 4.12. The molecule has 8 nitrogen and oxygen atoms in total. The molecule has 106 valence electrons. The van der Waals surface area contributed by atoms with E-state index in [1.807, 2.05) is 0 Å². The molecule has 0 saturated carbocycles. The lowest BCUT2D eigenvalue weighted by molar-refractivity contribution is -0.117.